The van der Waals surface area contributed by atoms with Crippen molar-refractivity contribution in [3.05, 3.63) is 77.9 Å². The lowest BCUT2D eigenvalue weighted by atomic mass is 10.1. The quantitative estimate of drug-likeness (QED) is 0.549. The van der Waals surface area contributed by atoms with Gasteiger partial charge in [-0.3, -0.25) is 9.52 Å². The lowest BCUT2D eigenvalue weighted by Crippen LogP contribution is -2.20. The lowest BCUT2D eigenvalue weighted by Gasteiger charge is -2.11. The molecule has 0 spiro atoms. The first-order valence-corrected chi connectivity index (χ1v) is 11.0. The van der Waals surface area contributed by atoms with Crippen molar-refractivity contribution in [3.63, 3.8) is 0 Å². The summed E-state index contributed by atoms with van der Waals surface area (Å²) >= 11 is 0. The molecule has 3 aromatic carbocycles. The number of anilines is 2. The first kappa shape index (κ1) is 22.2. The second kappa shape index (κ2) is 9.53. The van der Waals surface area contributed by atoms with Gasteiger partial charge in [0.15, 0.2) is 6.61 Å². The van der Waals surface area contributed by atoms with Crippen LogP contribution in [0.3, 0.4) is 0 Å². The molecular weight excluding hydrogens is 416 g/mol. The minimum atomic E-state index is -3.73. The number of ether oxygens (including phenoxy) is 2. The average molecular weight is 441 g/mol. The van der Waals surface area contributed by atoms with E-state index in [0.29, 0.717) is 22.9 Å². The molecule has 0 radical (unpaired) electrons. The van der Waals surface area contributed by atoms with Crippen molar-refractivity contribution in [1.82, 2.24) is 0 Å². The van der Waals surface area contributed by atoms with E-state index in [4.69, 9.17) is 9.47 Å². The molecule has 3 rings (SSSR count). The van der Waals surface area contributed by atoms with Crippen LogP contribution in [0.4, 0.5) is 11.4 Å². The number of carbonyl (C=O) groups excluding carboxylic acids is 1. The third-order valence-electron chi connectivity index (χ3n) is 4.64. The van der Waals surface area contributed by atoms with E-state index in [2.05, 4.69) is 10.0 Å². The van der Waals surface area contributed by atoms with E-state index in [1.807, 2.05) is 19.9 Å². The predicted molar refractivity (Wildman–Crippen MR) is 120 cm³/mol. The second-order valence-electron chi connectivity index (χ2n) is 6.94. The van der Waals surface area contributed by atoms with E-state index in [9.17, 15) is 13.2 Å². The number of amides is 1. The fourth-order valence-electron chi connectivity index (χ4n) is 2.75. The van der Waals surface area contributed by atoms with Crippen molar-refractivity contribution in [2.75, 3.05) is 23.8 Å². The third-order valence-corrected chi connectivity index (χ3v) is 6.03. The number of methoxy groups -OCH3 is 1. The van der Waals surface area contributed by atoms with E-state index in [-0.39, 0.29) is 17.4 Å². The summed E-state index contributed by atoms with van der Waals surface area (Å²) in [6.07, 6.45) is 0. The number of sulfonamides is 1. The number of nitrogens with one attached hydrogen (secondary N) is 2. The fourth-order valence-corrected chi connectivity index (χ4v) is 3.80. The highest BCUT2D eigenvalue weighted by atomic mass is 32.2. The molecule has 1 amide bonds. The Bertz CT molecular complexity index is 1160. The van der Waals surface area contributed by atoms with Gasteiger partial charge < -0.3 is 14.8 Å². The van der Waals surface area contributed by atoms with Crippen LogP contribution < -0.4 is 19.5 Å². The summed E-state index contributed by atoms with van der Waals surface area (Å²) in [6, 6.07) is 18.2. The molecule has 0 aliphatic carbocycles. The van der Waals surface area contributed by atoms with Gasteiger partial charge in [0.05, 0.1) is 12.0 Å². The zero-order valence-corrected chi connectivity index (χ0v) is 18.3. The molecule has 7 nitrogen and oxygen atoms in total. The van der Waals surface area contributed by atoms with Crippen molar-refractivity contribution in [2.24, 2.45) is 0 Å². The maximum atomic E-state index is 12.6. The Hall–Kier alpha value is -3.52. The number of hydrogen-bond acceptors (Lipinski definition) is 5. The highest BCUT2D eigenvalue weighted by Gasteiger charge is 2.15. The summed E-state index contributed by atoms with van der Waals surface area (Å²) in [6.45, 7) is 3.67. The molecule has 0 fully saturated rings. The molecule has 0 bridgehead atoms. The van der Waals surface area contributed by atoms with Crippen molar-refractivity contribution in [1.29, 1.82) is 0 Å². The Labute approximate surface area is 182 Å². The zero-order valence-electron chi connectivity index (χ0n) is 17.5. The summed E-state index contributed by atoms with van der Waals surface area (Å²) in [4.78, 5) is 12.1. The molecule has 3 aromatic rings. The van der Waals surface area contributed by atoms with Gasteiger partial charge in [-0.1, -0.05) is 6.07 Å². The van der Waals surface area contributed by atoms with Gasteiger partial charge in [-0.25, -0.2) is 8.42 Å². The first-order valence-electron chi connectivity index (χ1n) is 9.54. The highest BCUT2D eigenvalue weighted by molar-refractivity contribution is 7.92. The first-order chi connectivity index (χ1) is 14.8. The van der Waals surface area contributed by atoms with Crippen LogP contribution in [0, 0.1) is 13.8 Å². The Kier molecular flexibility index (Phi) is 6.81. The van der Waals surface area contributed by atoms with Gasteiger partial charge in [0.2, 0.25) is 0 Å². The number of aryl methyl sites for hydroxylation is 2. The SMILES string of the molecule is COc1ccc(NC(=O)COc2ccc(S(=O)(=O)Nc3ccc(C)c(C)c3)cc2)cc1. The van der Waals surface area contributed by atoms with Crippen molar-refractivity contribution >= 4 is 27.3 Å². The highest BCUT2D eigenvalue weighted by Crippen LogP contribution is 2.21. The molecule has 2 N–H and O–H groups in total. The van der Waals surface area contributed by atoms with Gasteiger partial charge in [-0.05, 0) is 85.6 Å². The molecule has 0 unspecified atom stereocenters. The normalized spacial score (nSPS) is 10.9. The van der Waals surface area contributed by atoms with Crippen LogP contribution in [-0.2, 0) is 14.8 Å². The van der Waals surface area contributed by atoms with Crippen molar-refractivity contribution in [3.8, 4) is 11.5 Å². The molecule has 0 aliphatic rings. The third kappa shape index (κ3) is 5.99. The molecular formula is C23H24N2O5S. The van der Waals surface area contributed by atoms with E-state index < -0.39 is 10.0 Å². The zero-order chi connectivity index (χ0) is 22.4. The molecule has 0 saturated heterocycles. The molecule has 162 valence electrons. The monoisotopic (exact) mass is 440 g/mol. The topological polar surface area (TPSA) is 93.7 Å². The van der Waals surface area contributed by atoms with Crippen LogP contribution in [0.15, 0.2) is 71.6 Å². The second-order valence-corrected chi connectivity index (χ2v) is 8.62. The van der Waals surface area contributed by atoms with Gasteiger partial charge >= 0.3 is 0 Å². The summed E-state index contributed by atoms with van der Waals surface area (Å²) in [7, 11) is -2.17. The fraction of sp³-hybridized carbons (Fsp3) is 0.174. The predicted octanol–water partition coefficient (Wildman–Crippen LogP) is 4.13. The van der Waals surface area contributed by atoms with Gasteiger partial charge in [0, 0.05) is 11.4 Å². The molecule has 0 aliphatic heterocycles. The molecule has 8 heteroatoms. The van der Waals surface area contributed by atoms with Gasteiger partial charge in [-0.15, -0.1) is 0 Å². The summed E-state index contributed by atoms with van der Waals surface area (Å²) in [5.74, 6) is 0.740. The summed E-state index contributed by atoms with van der Waals surface area (Å²) in [5, 5.41) is 2.71. The Balaban J connectivity index is 1.57. The van der Waals surface area contributed by atoms with E-state index in [1.54, 1.807) is 43.5 Å². The smallest absolute Gasteiger partial charge is 0.262 e. The molecule has 0 aromatic heterocycles. The van der Waals surface area contributed by atoms with E-state index in [1.165, 1.54) is 24.3 Å². The Morgan fingerprint density at radius 2 is 1.45 bits per heavy atom. The maximum absolute atomic E-state index is 12.6. The molecule has 31 heavy (non-hydrogen) atoms. The summed E-state index contributed by atoms with van der Waals surface area (Å²) < 4.78 is 38.3. The number of rotatable bonds is 8. The molecule has 0 heterocycles. The van der Waals surface area contributed by atoms with Crippen LogP contribution in [0.1, 0.15) is 11.1 Å². The minimum Gasteiger partial charge on any atom is -0.497 e. The van der Waals surface area contributed by atoms with Gasteiger partial charge in [-0.2, -0.15) is 0 Å². The Morgan fingerprint density at radius 1 is 0.839 bits per heavy atom. The number of hydrogen-bond donors (Lipinski definition) is 2. The minimum absolute atomic E-state index is 0.0979. The van der Waals surface area contributed by atoms with Crippen molar-refractivity contribution < 1.29 is 22.7 Å². The lowest BCUT2D eigenvalue weighted by molar-refractivity contribution is -0.118. The largest absolute Gasteiger partial charge is 0.497 e. The van der Waals surface area contributed by atoms with Gasteiger partial charge in [0.25, 0.3) is 15.9 Å². The molecule has 0 atom stereocenters. The van der Waals surface area contributed by atoms with Crippen LogP contribution in [0.5, 0.6) is 11.5 Å². The Morgan fingerprint density at radius 3 is 2.06 bits per heavy atom. The van der Waals surface area contributed by atoms with E-state index >= 15 is 0 Å². The average Bonchev–Trinajstić information content (AvgIpc) is 2.75. The van der Waals surface area contributed by atoms with Crippen LogP contribution in [0.25, 0.3) is 0 Å². The van der Waals surface area contributed by atoms with Crippen LogP contribution in [0.2, 0.25) is 0 Å². The standard InChI is InChI=1S/C23H24N2O5S/c1-16-4-5-19(14-17(16)2)25-31(27,28)22-12-10-21(11-13-22)30-15-23(26)24-18-6-8-20(29-3)9-7-18/h4-14,25H,15H2,1-3H3,(H,24,26). The van der Waals surface area contributed by atoms with Crippen molar-refractivity contribution in [2.45, 2.75) is 18.7 Å². The summed E-state index contributed by atoms with van der Waals surface area (Å²) in [5.41, 5.74) is 3.20. The molecule has 0 saturated carbocycles. The number of benzene rings is 3. The van der Waals surface area contributed by atoms with Crippen LogP contribution in [-0.4, -0.2) is 28.0 Å². The van der Waals surface area contributed by atoms with Crippen LogP contribution >= 0.6 is 0 Å². The maximum Gasteiger partial charge on any atom is 0.262 e. The van der Waals surface area contributed by atoms with Gasteiger partial charge in [0.1, 0.15) is 11.5 Å². The number of carbonyl (C=O) groups is 1. The van der Waals surface area contributed by atoms with E-state index in [0.717, 1.165) is 11.1 Å².